The number of benzene rings is 1. The van der Waals surface area contributed by atoms with Crippen molar-refractivity contribution >= 4 is 23.5 Å². The van der Waals surface area contributed by atoms with Gasteiger partial charge in [0.1, 0.15) is 6.04 Å². The quantitative estimate of drug-likeness (QED) is 0.680. The molecule has 0 radical (unpaired) electrons. The summed E-state index contributed by atoms with van der Waals surface area (Å²) in [6.07, 6.45) is 8.29. The average molecular weight is 425 g/mol. The van der Waals surface area contributed by atoms with E-state index in [0.717, 1.165) is 31.4 Å². The number of likely N-dealkylation sites (N-methyl/N-ethyl adjacent to an activating group) is 1. The zero-order valence-electron chi connectivity index (χ0n) is 18.3. The summed E-state index contributed by atoms with van der Waals surface area (Å²) in [6, 6.07) is 8.73. The minimum absolute atomic E-state index is 0.179. The Morgan fingerprint density at radius 3 is 2.26 bits per heavy atom. The molecule has 2 amide bonds. The van der Waals surface area contributed by atoms with Gasteiger partial charge in [0, 0.05) is 19.3 Å². The Hall–Kier alpha value is -2.37. The van der Waals surface area contributed by atoms with E-state index >= 15 is 0 Å². The van der Waals surface area contributed by atoms with Gasteiger partial charge in [-0.05, 0) is 81.3 Å². The van der Waals surface area contributed by atoms with Crippen LogP contribution < -0.4 is 4.90 Å². The number of esters is 1. The Bertz CT molecular complexity index is 832. The summed E-state index contributed by atoms with van der Waals surface area (Å²) in [5.41, 5.74) is 0.504. The third-order valence-electron chi connectivity index (χ3n) is 8.13. The number of anilines is 1. The summed E-state index contributed by atoms with van der Waals surface area (Å²) in [5, 5.41) is 0. The van der Waals surface area contributed by atoms with Crippen molar-refractivity contribution in [3.8, 4) is 0 Å². The van der Waals surface area contributed by atoms with Crippen molar-refractivity contribution in [2.75, 3.05) is 25.1 Å². The minimum atomic E-state index is -0.546. The minimum Gasteiger partial charge on any atom is -0.454 e. The Kier molecular flexibility index (Phi) is 5.27. The highest BCUT2D eigenvalue weighted by molar-refractivity contribution is 5.95. The SMILES string of the molecule is CN(C(=O)COC(=O)[C@@H]1CCCN1C(=O)C12CC3CC(CC(C3)C1)C2)c1ccccc1. The Morgan fingerprint density at radius 2 is 1.65 bits per heavy atom. The summed E-state index contributed by atoms with van der Waals surface area (Å²) in [4.78, 5) is 42.3. The van der Waals surface area contributed by atoms with E-state index in [1.807, 2.05) is 30.3 Å². The van der Waals surface area contributed by atoms with Crippen LogP contribution in [0.4, 0.5) is 5.69 Å². The molecule has 0 spiro atoms. The van der Waals surface area contributed by atoms with Crippen LogP contribution in [-0.2, 0) is 19.1 Å². The van der Waals surface area contributed by atoms with Crippen LogP contribution in [-0.4, -0.2) is 48.9 Å². The number of nitrogens with zero attached hydrogens (tertiary/aromatic N) is 2. The molecule has 166 valence electrons. The Labute approximate surface area is 183 Å². The largest absolute Gasteiger partial charge is 0.454 e. The fourth-order valence-electron chi connectivity index (χ4n) is 7.05. The molecule has 4 aliphatic carbocycles. The van der Waals surface area contributed by atoms with Crippen molar-refractivity contribution < 1.29 is 19.1 Å². The van der Waals surface area contributed by atoms with Gasteiger partial charge >= 0.3 is 5.97 Å². The number of para-hydroxylation sites is 1. The molecular weight excluding hydrogens is 392 g/mol. The molecule has 31 heavy (non-hydrogen) atoms. The topological polar surface area (TPSA) is 66.9 Å². The number of carbonyl (C=O) groups is 3. The normalized spacial score (nSPS) is 33.4. The van der Waals surface area contributed by atoms with E-state index in [1.54, 1.807) is 11.9 Å². The summed E-state index contributed by atoms with van der Waals surface area (Å²) >= 11 is 0. The lowest BCUT2D eigenvalue weighted by atomic mass is 9.49. The molecule has 1 heterocycles. The number of carbonyl (C=O) groups excluding carboxylic acids is 3. The van der Waals surface area contributed by atoms with Gasteiger partial charge in [-0.3, -0.25) is 9.59 Å². The van der Waals surface area contributed by atoms with Crippen molar-refractivity contribution in [2.24, 2.45) is 23.2 Å². The van der Waals surface area contributed by atoms with E-state index in [9.17, 15) is 14.4 Å². The number of hydrogen-bond acceptors (Lipinski definition) is 4. The second kappa shape index (κ2) is 7.95. The predicted octanol–water partition coefficient (Wildman–Crippen LogP) is 3.40. The van der Waals surface area contributed by atoms with Gasteiger partial charge in [0.25, 0.3) is 5.91 Å². The highest BCUT2D eigenvalue weighted by atomic mass is 16.5. The maximum Gasteiger partial charge on any atom is 0.329 e. The molecule has 1 atom stereocenters. The molecule has 1 aromatic rings. The second-order valence-corrected chi connectivity index (χ2v) is 10.3. The van der Waals surface area contributed by atoms with Crippen LogP contribution in [0, 0.1) is 23.2 Å². The molecule has 0 N–H and O–H groups in total. The van der Waals surface area contributed by atoms with Crippen LogP contribution in [0.1, 0.15) is 51.4 Å². The molecule has 0 unspecified atom stereocenters. The number of hydrogen-bond donors (Lipinski definition) is 0. The van der Waals surface area contributed by atoms with Gasteiger partial charge in [-0.15, -0.1) is 0 Å². The zero-order chi connectivity index (χ0) is 21.6. The first-order valence-electron chi connectivity index (χ1n) is 11.7. The summed E-state index contributed by atoms with van der Waals surface area (Å²) < 4.78 is 5.41. The van der Waals surface area contributed by atoms with E-state index < -0.39 is 12.0 Å². The van der Waals surface area contributed by atoms with E-state index in [1.165, 1.54) is 24.2 Å². The van der Waals surface area contributed by atoms with Crippen LogP contribution >= 0.6 is 0 Å². The molecule has 5 fully saturated rings. The molecule has 4 bridgehead atoms. The highest BCUT2D eigenvalue weighted by Crippen LogP contribution is 2.60. The summed E-state index contributed by atoms with van der Waals surface area (Å²) in [7, 11) is 1.67. The first-order chi connectivity index (χ1) is 14.9. The van der Waals surface area contributed by atoms with E-state index in [-0.39, 0.29) is 23.8 Å². The third kappa shape index (κ3) is 3.74. The third-order valence-corrected chi connectivity index (χ3v) is 8.13. The summed E-state index contributed by atoms with van der Waals surface area (Å²) in [5.74, 6) is 1.53. The van der Waals surface area contributed by atoms with E-state index in [4.69, 9.17) is 4.74 Å². The van der Waals surface area contributed by atoms with E-state index in [0.29, 0.717) is 30.7 Å². The number of likely N-dealkylation sites (tertiary alicyclic amines) is 1. The van der Waals surface area contributed by atoms with Crippen molar-refractivity contribution in [3.63, 3.8) is 0 Å². The van der Waals surface area contributed by atoms with Crippen LogP contribution in [0.3, 0.4) is 0 Å². The Balaban J connectivity index is 1.22. The van der Waals surface area contributed by atoms with Crippen molar-refractivity contribution in [3.05, 3.63) is 30.3 Å². The molecule has 1 saturated heterocycles. The second-order valence-electron chi connectivity index (χ2n) is 10.3. The van der Waals surface area contributed by atoms with Crippen LogP contribution in [0.2, 0.25) is 0 Å². The predicted molar refractivity (Wildman–Crippen MR) is 116 cm³/mol. The molecule has 5 aliphatic rings. The van der Waals surface area contributed by atoms with Crippen LogP contribution in [0.25, 0.3) is 0 Å². The number of rotatable bonds is 5. The van der Waals surface area contributed by atoms with Crippen molar-refractivity contribution in [1.29, 1.82) is 0 Å². The average Bonchev–Trinajstić information content (AvgIpc) is 3.25. The standard InChI is InChI=1S/C25H32N2O4/c1-26(20-6-3-2-4-7-20)22(28)16-31-23(29)21-8-5-9-27(21)24(30)25-13-17-10-18(14-25)12-19(11-17)15-25/h2-4,6-7,17-19,21H,5,8-16H2,1H3/t17?,18?,19?,21-,25?/m0/s1. The van der Waals surface area contributed by atoms with Gasteiger partial charge < -0.3 is 14.5 Å². The van der Waals surface area contributed by atoms with Gasteiger partial charge in [0.15, 0.2) is 6.61 Å². The van der Waals surface area contributed by atoms with Gasteiger partial charge in [0.05, 0.1) is 5.41 Å². The first kappa shape index (κ1) is 20.5. The molecule has 6 rings (SSSR count). The van der Waals surface area contributed by atoms with Gasteiger partial charge in [-0.2, -0.15) is 0 Å². The summed E-state index contributed by atoms with van der Waals surface area (Å²) in [6.45, 7) is 0.318. The molecule has 0 aromatic heterocycles. The van der Waals surface area contributed by atoms with Gasteiger partial charge in [0.2, 0.25) is 5.91 Å². The van der Waals surface area contributed by atoms with Crippen LogP contribution in [0.15, 0.2) is 30.3 Å². The highest BCUT2D eigenvalue weighted by Gasteiger charge is 2.57. The molecule has 6 heteroatoms. The molecular formula is C25H32N2O4. The van der Waals surface area contributed by atoms with Crippen molar-refractivity contribution in [1.82, 2.24) is 4.90 Å². The first-order valence-corrected chi connectivity index (χ1v) is 11.7. The molecule has 1 aliphatic heterocycles. The monoisotopic (exact) mass is 424 g/mol. The lowest BCUT2D eigenvalue weighted by molar-refractivity contribution is -0.166. The zero-order valence-corrected chi connectivity index (χ0v) is 18.3. The fourth-order valence-corrected chi connectivity index (χ4v) is 7.05. The molecule has 4 saturated carbocycles. The maximum absolute atomic E-state index is 13.7. The molecule has 6 nitrogen and oxygen atoms in total. The van der Waals surface area contributed by atoms with Crippen LogP contribution in [0.5, 0.6) is 0 Å². The lowest BCUT2D eigenvalue weighted by Gasteiger charge is -2.56. The molecule has 1 aromatic carbocycles. The van der Waals surface area contributed by atoms with Gasteiger partial charge in [-0.1, -0.05) is 18.2 Å². The van der Waals surface area contributed by atoms with Crippen molar-refractivity contribution in [2.45, 2.75) is 57.4 Å². The number of amides is 2. The lowest BCUT2D eigenvalue weighted by Crippen LogP contribution is -2.56. The Morgan fingerprint density at radius 1 is 1.03 bits per heavy atom. The fraction of sp³-hybridized carbons (Fsp3) is 0.640. The van der Waals surface area contributed by atoms with E-state index in [2.05, 4.69) is 0 Å². The van der Waals surface area contributed by atoms with Gasteiger partial charge in [-0.25, -0.2) is 4.79 Å². The number of ether oxygens (including phenoxy) is 1. The smallest absolute Gasteiger partial charge is 0.329 e. The maximum atomic E-state index is 13.7.